The molecule has 8 heteroatoms. The lowest BCUT2D eigenvalue weighted by Gasteiger charge is -2.14. The van der Waals surface area contributed by atoms with Crippen molar-refractivity contribution in [3.8, 4) is 11.5 Å². The van der Waals surface area contributed by atoms with Crippen LogP contribution < -0.4 is 9.47 Å². The lowest BCUT2D eigenvalue weighted by molar-refractivity contribution is -0.122. The number of hydrogen-bond acceptors (Lipinski definition) is 5. The highest BCUT2D eigenvalue weighted by Crippen LogP contribution is 2.37. The summed E-state index contributed by atoms with van der Waals surface area (Å²) >= 11 is 9.10. The fourth-order valence-electron chi connectivity index (χ4n) is 3.63. The molecule has 0 aliphatic carbocycles. The van der Waals surface area contributed by atoms with Crippen LogP contribution in [0.15, 0.2) is 71.6 Å². The third-order valence-electron chi connectivity index (χ3n) is 5.41. The van der Waals surface area contributed by atoms with Gasteiger partial charge in [-0.1, -0.05) is 54.1 Å². The molecule has 2 amide bonds. The Kier molecular flexibility index (Phi) is 8.75. The number of benzene rings is 3. The molecule has 35 heavy (non-hydrogen) atoms. The quantitative estimate of drug-likeness (QED) is 0.187. The zero-order valence-corrected chi connectivity index (χ0v) is 22.7. The Morgan fingerprint density at radius 2 is 1.77 bits per heavy atom. The van der Waals surface area contributed by atoms with E-state index in [4.69, 9.17) is 21.1 Å². The van der Waals surface area contributed by atoms with E-state index in [0.29, 0.717) is 34.6 Å². The number of amides is 2. The summed E-state index contributed by atoms with van der Waals surface area (Å²) in [5.41, 5.74) is 2.94. The number of ether oxygens (including phenoxy) is 2. The lowest BCUT2D eigenvalue weighted by atomic mass is 10.1. The van der Waals surface area contributed by atoms with E-state index in [-0.39, 0.29) is 11.1 Å². The van der Waals surface area contributed by atoms with Crippen molar-refractivity contribution in [2.45, 2.75) is 19.4 Å². The van der Waals surface area contributed by atoms with Gasteiger partial charge < -0.3 is 9.47 Å². The Labute approximate surface area is 227 Å². The molecule has 5 nitrogen and oxygen atoms in total. The van der Waals surface area contributed by atoms with Crippen LogP contribution in [-0.2, 0) is 17.8 Å². The highest BCUT2D eigenvalue weighted by molar-refractivity contribution is 14.1. The summed E-state index contributed by atoms with van der Waals surface area (Å²) in [5, 5.41) is 0.435. The predicted octanol–water partition coefficient (Wildman–Crippen LogP) is 7.20. The van der Waals surface area contributed by atoms with E-state index in [1.807, 2.05) is 66.7 Å². The topological polar surface area (TPSA) is 55.8 Å². The van der Waals surface area contributed by atoms with Crippen LogP contribution in [0, 0.1) is 3.57 Å². The van der Waals surface area contributed by atoms with Gasteiger partial charge in [-0.2, -0.15) is 0 Å². The Hall–Kier alpha value is -2.49. The molecule has 3 aromatic rings. The number of nitrogens with zero attached hydrogens (tertiary/aromatic N) is 1. The molecule has 0 unspecified atom stereocenters. The maximum Gasteiger partial charge on any atom is 0.293 e. The first kappa shape index (κ1) is 25.6. The average Bonchev–Trinajstić information content (AvgIpc) is 3.12. The van der Waals surface area contributed by atoms with Gasteiger partial charge >= 0.3 is 0 Å². The maximum atomic E-state index is 12.9. The van der Waals surface area contributed by atoms with Crippen LogP contribution >= 0.6 is 46.0 Å². The third kappa shape index (κ3) is 6.59. The first-order chi connectivity index (χ1) is 16.9. The summed E-state index contributed by atoms with van der Waals surface area (Å²) in [6.07, 6.45) is 3.27. The molecule has 3 aromatic carbocycles. The number of carbonyl (C=O) groups excluding carboxylic acids is 2. The molecule has 0 bridgehead atoms. The van der Waals surface area contributed by atoms with E-state index in [1.165, 1.54) is 10.5 Å². The monoisotopic (exact) mass is 619 g/mol. The zero-order valence-electron chi connectivity index (χ0n) is 19.0. The molecule has 0 aromatic heterocycles. The van der Waals surface area contributed by atoms with Crippen LogP contribution in [0.2, 0.25) is 5.02 Å². The molecule has 0 saturated carbocycles. The Bertz CT molecular complexity index is 1250. The van der Waals surface area contributed by atoms with Crippen molar-refractivity contribution in [2.75, 3.05) is 13.7 Å². The molecule has 0 spiro atoms. The van der Waals surface area contributed by atoms with Crippen molar-refractivity contribution in [3.05, 3.63) is 96.9 Å². The molecule has 1 fully saturated rings. The highest BCUT2D eigenvalue weighted by Gasteiger charge is 2.34. The fourth-order valence-corrected chi connectivity index (χ4v) is 5.40. The molecule has 1 saturated heterocycles. The second kappa shape index (κ2) is 12.0. The molecule has 1 aliphatic heterocycles. The van der Waals surface area contributed by atoms with Crippen LogP contribution in [0.25, 0.3) is 6.08 Å². The molecule has 0 atom stereocenters. The number of rotatable bonds is 9. The SMILES string of the molecule is COc1cc(/C=C2\SC(=O)N(CCCc3ccccc3)C2=O)cc(I)c1OCc1ccc(Cl)cc1. The lowest BCUT2D eigenvalue weighted by Crippen LogP contribution is -2.29. The molecule has 0 N–H and O–H groups in total. The Balaban J connectivity index is 1.44. The summed E-state index contributed by atoms with van der Waals surface area (Å²) in [5.74, 6) is 0.915. The van der Waals surface area contributed by atoms with Crippen LogP contribution in [-0.4, -0.2) is 29.7 Å². The van der Waals surface area contributed by atoms with Crippen LogP contribution in [0.4, 0.5) is 4.79 Å². The van der Waals surface area contributed by atoms with E-state index in [2.05, 4.69) is 22.6 Å². The van der Waals surface area contributed by atoms with Gasteiger partial charge in [0.15, 0.2) is 11.5 Å². The minimum Gasteiger partial charge on any atom is -0.493 e. The van der Waals surface area contributed by atoms with Gasteiger partial charge in [0.05, 0.1) is 15.6 Å². The van der Waals surface area contributed by atoms with Crippen LogP contribution in [0.3, 0.4) is 0 Å². The van der Waals surface area contributed by atoms with Crippen molar-refractivity contribution in [1.29, 1.82) is 0 Å². The molecular formula is C27H23ClINO4S. The third-order valence-corrected chi connectivity index (χ3v) is 7.37. The number of thioether (sulfide) groups is 1. The normalized spacial score (nSPS) is 14.6. The van der Waals surface area contributed by atoms with E-state index < -0.39 is 0 Å². The minimum absolute atomic E-state index is 0.237. The van der Waals surface area contributed by atoms with Crippen LogP contribution in [0.5, 0.6) is 11.5 Å². The number of methoxy groups -OCH3 is 1. The summed E-state index contributed by atoms with van der Waals surface area (Å²) in [4.78, 5) is 27.1. The second-order valence-corrected chi connectivity index (χ2v) is 10.5. The smallest absolute Gasteiger partial charge is 0.293 e. The molecule has 1 aliphatic rings. The van der Waals surface area contributed by atoms with Gasteiger partial charge in [0, 0.05) is 11.6 Å². The minimum atomic E-state index is -0.259. The second-order valence-electron chi connectivity index (χ2n) is 7.87. The van der Waals surface area contributed by atoms with E-state index >= 15 is 0 Å². The summed E-state index contributed by atoms with van der Waals surface area (Å²) in [7, 11) is 1.57. The Morgan fingerprint density at radius 3 is 2.49 bits per heavy atom. The van der Waals surface area contributed by atoms with Gasteiger partial charge in [0.25, 0.3) is 11.1 Å². The Morgan fingerprint density at radius 1 is 1.03 bits per heavy atom. The molecule has 0 radical (unpaired) electrons. The average molecular weight is 620 g/mol. The van der Waals surface area contributed by atoms with Crippen molar-refractivity contribution in [3.63, 3.8) is 0 Å². The van der Waals surface area contributed by atoms with Crippen molar-refractivity contribution >= 4 is 63.2 Å². The van der Waals surface area contributed by atoms with Gasteiger partial charge in [0.2, 0.25) is 0 Å². The molecule has 4 rings (SSSR count). The van der Waals surface area contributed by atoms with Crippen LogP contribution in [0.1, 0.15) is 23.1 Å². The highest BCUT2D eigenvalue weighted by atomic mass is 127. The van der Waals surface area contributed by atoms with Gasteiger partial charge in [0.1, 0.15) is 6.61 Å². The predicted molar refractivity (Wildman–Crippen MR) is 149 cm³/mol. The van der Waals surface area contributed by atoms with Crippen molar-refractivity contribution in [2.24, 2.45) is 0 Å². The molecular weight excluding hydrogens is 597 g/mol. The number of aryl methyl sites for hydroxylation is 1. The summed E-state index contributed by atoms with van der Waals surface area (Å²) in [6, 6.07) is 21.2. The van der Waals surface area contributed by atoms with Gasteiger partial charge in [-0.3, -0.25) is 14.5 Å². The number of imide groups is 1. The fraction of sp³-hybridized carbons (Fsp3) is 0.185. The largest absolute Gasteiger partial charge is 0.493 e. The number of hydrogen-bond donors (Lipinski definition) is 0. The summed E-state index contributed by atoms with van der Waals surface area (Å²) < 4.78 is 12.4. The number of halogens is 2. The molecule has 180 valence electrons. The number of carbonyl (C=O) groups is 2. The van der Waals surface area contributed by atoms with E-state index in [1.54, 1.807) is 13.2 Å². The first-order valence-electron chi connectivity index (χ1n) is 11.0. The van der Waals surface area contributed by atoms with Gasteiger partial charge in [-0.15, -0.1) is 0 Å². The zero-order chi connectivity index (χ0) is 24.8. The van der Waals surface area contributed by atoms with Crippen molar-refractivity contribution in [1.82, 2.24) is 4.90 Å². The maximum absolute atomic E-state index is 12.9. The van der Waals surface area contributed by atoms with Crippen molar-refractivity contribution < 1.29 is 19.1 Å². The summed E-state index contributed by atoms with van der Waals surface area (Å²) in [6.45, 7) is 0.764. The van der Waals surface area contributed by atoms with E-state index in [9.17, 15) is 9.59 Å². The van der Waals surface area contributed by atoms with Gasteiger partial charge in [-0.05, 0) is 94.2 Å². The standard InChI is InChI=1S/C27H23ClINO4S/c1-33-23-15-20(14-22(29)25(23)34-17-19-9-11-21(28)12-10-19)16-24-26(31)30(27(32)35-24)13-5-8-18-6-3-2-4-7-18/h2-4,6-7,9-12,14-16H,5,8,13,17H2,1H3/b24-16-. The first-order valence-corrected chi connectivity index (χ1v) is 13.3. The van der Waals surface area contributed by atoms with Gasteiger partial charge in [-0.25, -0.2) is 0 Å². The molecule has 1 heterocycles. The van der Waals surface area contributed by atoms with E-state index in [0.717, 1.165) is 39.3 Å².